The fourth-order valence-electron chi connectivity index (χ4n) is 12.7. The summed E-state index contributed by atoms with van der Waals surface area (Å²) in [6, 6.07) is 54.1. The number of aliphatic carboxylic acids is 1. The number of hydrogen-bond acceptors (Lipinski definition) is 22. The van der Waals surface area contributed by atoms with Crippen molar-refractivity contribution >= 4 is 115 Å². The Morgan fingerprint density at radius 3 is 1.17 bits per heavy atom. The quantitative estimate of drug-likeness (QED) is 0.00647. The van der Waals surface area contributed by atoms with E-state index in [0.717, 1.165) is 72.0 Å². The van der Waals surface area contributed by atoms with Crippen LogP contribution in [0.25, 0.3) is 55.2 Å². The molecule has 3 heterocycles. The SMILES string of the molecule is C.C.CCOC(=O)Cc1ccccc1OCc1cc(-c2cccc(CN)c2F)c2oc(CCO[Si](C)(C)C(C)(C)C)cc2c1.CCOC(=O)Cc1ccccc1OCc1cc(Br)c2oc(CCO[Si](C)(C)C(C)(C)C)cc2c1.Cl.NCc1cccc(-c2cc(COc3ccccc3CC(=O)O)cc3cc(CCO)oc23)c1F.NCc1cccc(B(O)O)c1F.O=CO[O-].[H-].[K+].[K+]. The largest absolute Gasteiger partial charge is 1.00 e. The fraction of sp³-hybridized carbons (Fsp3) is 0.340. The van der Waals surface area contributed by atoms with Crippen molar-refractivity contribution in [2.45, 2.75) is 184 Å². The van der Waals surface area contributed by atoms with Crippen molar-refractivity contribution in [1.82, 2.24) is 0 Å². The van der Waals surface area contributed by atoms with Crippen LogP contribution in [0.5, 0.6) is 17.2 Å². The molecule has 12 aromatic rings. The van der Waals surface area contributed by atoms with Gasteiger partial charge in [-0.05, 0) is 156 Å². The van der Waals surface area contributed by atoms with Gasteiger partial charge in [0.2, 0.25) is 0 Å². The van der Waals surface area contributed by atoms with Crippen LogP contribution in [-0.2, 0) is 120 Å². The number of nitrogens with two attached hydrogens (primary N) is 3. The van der Waals surface area contributed by atoms with E-state index >= 15 is 8.78 Å². The maximum absolute atomic E-state index is 15.5. The normalized spacial score (nSPS) is 11.0. The summed E-state index contributed by atoms with van der Waals surface area (Å²) in [5.74, 6) is 1.11. The second-order valence-electron chi connectivity index (χ2n) is 32.2. The standard InChI is InChI=1S/C34H42FNO5Si.C27H35BrO5Si.C26H24FNO5.C7H9BFNO2.CH2O3.2CH4.ClH.2K.H/c1-7-38-31(37)20-24-11-8-9-14-30(24)39-22-23-17-26-19-27(15-16-40-42(5,6)34(2,3)4)41-33(26)29(18-23)28-13-10-12-25(21-36)32(28)35;1-7-30-25(29)17-20-10-8-9-11-24(20)31-18-19-14-21-16-22(33-26(21)23(28)15-19)12-13-32-34(5,6)27(2,3)4;27-25-18(14-28)5-3-6-21(25)22-11-16(10-19-12-20(8-9-29)33-26(19)22)15-32-23-7-2-1-4-17(23)13-24(30)31;9-7-5(4-10)2-1-3-6(7)8(11)12;2-1-4-3;;;;;;/h8-14,17-19H,7,15-16,20-22,36H2,1-6H3;8-11,14-16H,7,12-13,17-18H2,1-6H3;1-7,10-12,29H,8-9,13-15,28H2,(H,30,31);1-3,11-12H,4,10H2;1,3H;2*1H4;1H;;;/q;;;;;;;;2*+1;-1/p-1. The number of carboxylic acids is 1. The average molecular weight is 1970 g/mol. The molecule has 3 aromatic heterocycles. The van der Waals surface area contributed by atoms with Gasteiger partial charge in [0.05, 0.1) is 43.6 Å². The van der Waals surface area contributed by atoms with Crippen LogP contribution < -0.4 is 145 Å². The Bertz CT molecular complexity index is 5620. The maximum atomic E-state index is 15.5. The number of halogens is 5. The van der Waals surface area contributed by atoms with Crippen LogP contribution in [0, 0.1) is 17.5 Å². The van der Waals surface area contributed by atoms with Crippen molar-refractivity contribution in [3.8, 4) is 39.5 Å². The zero-order chi connectivity index (χ0) is 91.3. The first-order chi connectivity index (χ1) is 59.5. The number of benzene rings is 9. The monoisotopic (exact) mass is 1960 g/mol. The van der Waals surface area contributed by atoms with Crippen LogP contribution in [0.4, 0.5) is 13.2 Å². The van der Waals surface area contributed by atoms with E-state index in [-0.39, 0.29) is 236 Å². The molecule has 0 saturated heterocycles. The van der Waals surface area contributed by atoms with E-state index in [2.05, 4.69) is 101 Å². The summed E-state index contributed by atoms with van der Waals surface area (Å²) < 4.78 is 104. The summed E-state index contributed by atoms with van der Waals surface area (Å²) in [5.41, 5.74) is 26.4. The number of esters is 2. The Morgan fingerprint density at radius 2 is 0.823 bits per heavy atom. The molecule has 692 valence electrons. The van der Waals surface area contributed by atoms with E-state index < -0.39 is 41.4 Å². The molecule has 33 heteroatoms. The van der Waals surface area contributed by atoms with E-state index in [4.69, 9.17) is 88.2 Å². The van der Waals surface area contributed by atoms with Crippen LogP contribution in [-0.4, -0.2) is 101 Å². The zero-order valence-corrected chi connectivity index (χ0v) is 85.6. The smallest absolute Gasteiger partial charge is 1.00 e. The van der Waals surface area contributed by atoms with E-state index in [0.29, 0.717) is 119 Å². The third-order valence-electron chi connectivity index (χ3n) is 21.3. The van der Waals surface area contributed by atoms with Gasteiger partial charge in [-0.1, -0.05) is 166 Å². The van der Waals surface area contributed by atoms with Crippen LogP contribution in [0.15, 0.2) is 200 Å². The number of aliphatic hydroxyl groups is 1. The van der Waals surface area contributed by atoms with E-state index in [1.165, 1.54) is 18.2 Å². The molecule has 0 atom stereocenters. The predicted octanol–water partition coefficient (Wildman–Crippen LogP) is 13.0. The summed E-state index contributed by atoms with van der Waals surface area (Å²) in [6.07, 6.45) is 1.85. The summed E-state index contributed by atoms with van der Waals surface area (Å²) in [7, 11) is -5.46. The van der Waals surface area contributed by atoms with Crippen molar-refractivity contribution in [3.63, 3.8) is 0 Å². The molecular formula is C97H121BBrClF3K2N3O20Si2. The molecule has 0 radical (unpaired) electrons. The Labute approximate surface area is 863 Å². The number of carbonyl (C=O) groups is 4. The van der Waals surface area contributed by atoms with Gasteiger partial charge < -0.3 is 94.8 Å². The van der Waals surface area contributed by atoms with E-state index in [1.54, 1.807) is 80.6 Å². The van der Waals surface area contributed by atoms with Crippen molar-refractivity contribution in [1.29, 1.82) is 0 Å². The molecule has 0 unspecified atom stereocenters. The van der Waals surface area contributed by atoms with Crippen molar-refractivity contribution in [2.75, 3.05) is 33.0 Å². The van der Waals surface area contributed by atoms with Crippen molar-refractivity contribution in [3.05, 3.63) is 271 Å². The maximum Gasteiger partial charge on any atom is 1.00 e. The topological polar surface area (TPSA) is 364 Å². The summed E-state index contributed by atoms with van der Waals surface area (Å²) >= 11 is 3.64. The van der Waals surface area contributed by atoms with Gasteiger partial charge in [-0.2, -0.15) is 0 Å². The third-order valence-corrected chi connectivity index (χ3v) is 30.9. The Kier molecular flexibility index (Phi) is 50.6. The molecule has 0 aliphatic carbocycles. The average Bonchev–Trinajstić information content (AvgIpc) is 1.66. The molecule has 9 aromatic carbocycles. The number of ether oxygens (including phenoxy) is 5. The molecule has 0 aliphatic heterocycles. The van der Waals surface area contributed by atoms with E-state index in [1.807, 2.05) is 84.9 Å². The number of fused-ring (bicyclic) bond motifs is 3. The molecule has 0 aliphatic rings. The first-order valence-electron chi connectivity index (χ1n) is 40.9. The molecule has 0 amide bonds. The van der Waals surface area contributed by atoms with E-state index in [9.17, 15) is 23.9 Å². The number of aliphatic hydroxyl groups excluding tert-OH is 1. The zero-order valence-electron chi connectivity index (χ0n) is 76.0. The Balaban J connectivity index is 0.000000602. The summed E-state index contributed by atoms with van der Waals surface area (Å²) in [4.78, 5) is 46.4. The predicted molar refractivity (Wildman–Crippen MR) is 505 cm³/mol. The number of carboxylic acid groups (broad SMARTS) is 1. The van der Waals surface area contributed by atoms with Gasteiger partial charge in [-0.3, -0.25) is 19.2 Å². The summed E-state index contributed by atoms with van der Waals surface area (Å²) in [5, 5.41) is 47.2. The number of hydrogen-bond donors (Lipinski definition) is 7. The molecular weight excluding hydrogens is 1840 g/mol. The van der Waals surface area contributed by atoms with Crippen LogP contribution >= 0.6 is 28.3 Å². The molecule has 0 spiro atoms. The molecule has 0 saturated carbocycles. The minimum atomic E-state index is -1.90. The minimum absolute atomic E-state index is 0. The second-order valence-corrected chi connectivity index (χ2v) is 42.7. The molecule has 12 rings (SSSR count). The second kappa shape index (κ2) is 56.3. The van der Waals surface area contributed by atoms with Crippen LogP contribution in [0.2, 0.25) is 36.3 Å². The molecule has 23 nitrogen and oxygen atoms in total. The number of para-hydroxylation sites is 3. The van der Waals surface area contributed by atoms with Crippen LogP contribution in [0.3, 0.4) is 0 Å². The number of carbonyl (C=O) groups excluding carboxylic acids is 3. The van der Waals surface area contributed by atoms with Gasteiger partial charge in [0.15, 0.2) is 16.6 Å². The van der Waals surface area contributed by atoms with Gasteiger partial charge in [-0.15, -0.1) is 12.4 Å². The molecule has 0 fully saturated rings. The minimum Gasteiger partial charge on any atom is -1.00 e. The Morgan fingerprint density at radius 1 is 0.492 bits per heavy atom. The third kappa shape index (κ3) is 33.7. The van der Waals surface area contributed by atoms with Gasteiger partial charge in [0.1, 0.15) is 88.6 Å². The van der Waals surface area contributed by atoms with Crippen LogP contribution in [0.1, 0.15) is 139 Å². The molecule has 130 heavy (non-hydrogen) atoms. The van der Waals surface area contributed by atoms with Crippen molar-refractivity contribution in [2.24, 2.45) is 17.2 Å². The van der Waals surface area contributed by atoms with Gasteiger partial charge in [0.25, 0.3) is 6.47 Å². The molecule has 0 bridgehead atoms. The number of furan rings is 3. The number of rotatable bonds is 34. The first kappa shape index (κ1) is 117. The van der Waals surface area contributed by atoms with Gasteiger partial charge in [0, 0.05) is 129 Å². The fourth-order valence-corrected chi connectivity index (χ4v) is 15.4. The molecule has 10 N–H and O–H groups in total. The van der Waals surface area contributed by atoms with Crippen molar-refractivity contribution < 1.29 is 213 Å². The first-order valence-corrected chi connectivity index (χ1v) is 47.5. The van der Waals surface area contributed by atoms with Gasteiger partial charge >= 0.3 is 128 Å². The van der Waals surface area contributed by atoms with Gasteiger partial charge in [-0.25, -0.2) is 13.2 Å². The Hall–Kier alpha value is -7.15. The summed E-state index contributed by atoms with van der Waals surface area (Å²) in [6.45, 7) is 28.6.